The first-order chi connectivity index (χ1) is 18.5. The molecule has 5 rings (SSSR count). The van der Waals surface area contributed by atoms with Crippen LogP contribution in [0.5, 0.6) is 5.75 Å². The molecular formula is C29H28FN3O5. The average molecular weight is 518 g/mol. The third-order valence-electron chi connectivity index (χ3n) is 6.82. The molecule has 2 aromatic carbocycles. The third-order valence-corrected chi connectivity index (χ3v) is 6.82. The molecule has 0 unspecified atom stereocenters. The number of rotatable bonds is 8. The topological polar surface area (TPSA) is 97.8 Å². The summed E-state index contributed by atoms with van der Waals surface area (Å²) in [5, 5.41) is 6.81. The fourth-order valence-corrected chi connectivity index (χ4v) is 4.66. The van der Waals surface area contributed by atoms with E-state index < -0.39 is 0 Å². The van der Waals surface area contributed by atoms with Crippen LogP contribution in [0.1, 0.15) is 46.9 Å². The molecule has 1 saturated heterocycles. The number of piperidine rings is 1. The van der Waals surface area contributed by atoms with Crippen LogP contribution in [-0.2, 0) is 11.2 Å². The minimum Gasteiger partial charge on any atom is -0.497 e. The lowest BCUT2D eigenvalue weighted by atomic mass is 9.89. The summed E-state index contributed by atoms with van der Waals surface area (Å²) >= 11 is 0. The van der Waals surface area contributed by atoms with Crippen LogP contribution in [0.4, 0.5) is 10.1 Å². The van der Waals surface area contributed by atoms with E-state index in [0.29, 0.717) is 53.9 Å². The van der Waals surface area contributed by atoms with Crippen LogP contribution in [-0.4, -0.2) is 42.1 Å². The van der Waals surface area contributed by atoms with E-state index in [1.807, 2.05) is 24.3 Å². The van der Waals surface area contributed by atoms with Crippen LogP contribution in [0, 0.1) is 5.82 Å². The molecule has 1 aliphatic heterocycles. The molecule has 0 radical (unpaired) electrons. The van der Waals surface area contributed by atoms with Gasteiger partial charge in [-0.05, 0) is 66.6 Å². The smallest absolute Gasteiger partial charge is 0.292 e. The van der Waals surface area contributed by atoms with Gasteiger partial charge in [-0.3, -0.25) is 9.59 Å². The lowest BCUT2D eigenvalue weighted by Gasteiger charge is -2.31. The Kier molecular flexibility index (Phi) is 7.53. The molecule has 2 aromatic heterocycles. The summed E-state index contributed by atoms with van der Waals surface area (Å²) in [6.45, 7) is 1.22. The molecule has 0 saturated carbocycles. The van der Waals surface area contributed by atoms with Gasteiger partial charge in [-0.25, -0.2) is 4.39 Å². The largest absolute Gasteiger partial charge is 0.497 e. The van der Waals surface area contributed by atoms with Crippen molar-refractivity contribution in [2.24, 2.45) is 0 Å². The van der Waals surface area contributed by atoms with Crippen LogP contribution < -0.4 is 10.1 Å². The van der Waals surface area contributed by atoms with Crippen LogP contribution in [0.15, 0.2) is 75.9 Å². The van der Waals surface area contributed by atoms with Gasteiger partial charge in [0.25, 0.3) is 5.91 Å². The van der Waals surface area contributed by atoms with Crippen molar-refractivity contribution in [2.75, 3.05) is 25.5 Å². The zero-order valence-electron chi connectivity index (χ0n) is 21.0. The van der Waals surface area contributed by atoms with Gasteiger partial charge < -0.3 is 23.9 Å². The van der Waals surface area contributed by atoms with E-state index in [1.54, 1.807) is 41.5 Å². The Morgan fingerprint density at radius 3 is 2.58 bits per heavy atom. The Bertz CT molecular complexity index is 1390. The molecule has 0 bridgehead atoms. The Morgan fingerprint density at radius 1 is 1.11 bits per heavy atom. The van der Waals surface area contributed by atoms with E-state index in [0.717, 1.165) is 18.4 Å². The number of carbonyl (C=O) groups is 2. The minimum atomic E-state index is -0.381. The fourth-order valence-electron chi connectivity index (χ4n) is 4.66. The summed E-state index contributed by atoms with van der Waals surface area (Å²) < 4.78 is 29.7. The van der Waals surface area contributed by atoms with Crippen molar-refractivity contribution in [3.63, 3.8) is 0 Å². The normalized spacial score (nSPS) is 13.9. The predicted octanol–water partition coefficient (Wildman–Crippen LogP) is 5.67. The molecule has 0 aliphatic carbocycles. The van der Waals surface area contributed by atoms with E-state index in [2.05, 4.69) is 10.5 Å². The molecule has 1 N–H and O–H groups in total. The Balaban J connectivity index is 1.10. The van der Waals surface area contributed by atoms with Gasteiger partial charge in [-0.15, -0.1) is 0 Å². The van der Waals surface area contributed by atoms with Crippen molar-refractivity contribution in [3.05, 3.63) is 89.6 Å². The Labute approximate surface area is 219 Å². The second kappa shape index (κ2) is 11.3. The van der Waals surface area contributed by atoms with E-state index in [4.69, 9.17) is 13.7 Å². The van der Waals surface area contributed by atoms with Crippen molar-refractivity contribution in [2.45, 2.75) is 31.6 Å². The number of furan rings is 1. The van der Waals surface area contributed by atoms with E-state index in [-0.39, 0.29) is 29.8 Å². The maximum Gasteiger partial charge on any atom is 0.292 e. The molecule has 8 nitrogen and oxygen atoms in total. The number of methoxy groups -OCH3 is 1. The predicted molar refractivity (Wildman–Crippen MR) is 138 cm³/mol. The van der Waals surface area contributed by atoms with Gasteiger partial charge in [0.2, 0.25) is 11.7 Å². The summed E-state index contributed by atoms with van der Waals surface area (Å²) in [6.07, 6.45) is 3.66. The third kappa shape index (κ3) is 5.77. The van der Waals surface area contributed by atoms with Crippen LogP contribution >= 0.6 is 0 Å². The van der Waals surface area contributed by atoms with Crippen molar-refractivity contribution >= 4 is 17.5 Å². The van der Waals surface area contributed by atoms with Gasteiger partial charge in [0, 0.05) is 37.3 Å². The van der Waals surface area contributed by atoms with Gasteiger partial charge in [0.1, 0.15) is 17.3 Å². The second-order valence-corrected chi connectivity index (χ2v) is 9.25. The minimum absolute atomic E-state index is 0.172. The van der Waals surface area contributed by atoms with Gasteiger partial charge >= 0.3 is 0 Å². The van der Waals surface area contributed by atoms with Crippen LogP contribution in [0.2, 0.25) is 0 Å². The highest BCUT2D eigenvalue weighted by atomic mass is 19.1. The molecule has 1 aliphatic rings. The second-order valence-electron chi connectivity index (χ2n) is 9.25. The molecule has 38 heavy (non-hydrogen) atoms. The van der Waals surface area contributed by atoms with Crippen molar-refractivity contribution in [1.29, 1.82) is 0 Å². The highest BCUT2D eigenvalue weighted by Gasteiger charge is 2.27. The Morgan fingerprint density at radius 2 is 1.89 bits per heavy atom. The zero-order chi connectivity index (χ0) is 26.5. The van der Waals surface area contributed by atoms with Crippen molar-refractivity contribution in [1.82, 2.24) is 10.1 Å². The van der Waals surface area contributed by atoms with E-state index >= 15 is 0 Å². The lowest BCUT2D eigenvalue weighted by molar-refractivity contribution is -0.116. The van der Waals surface area contributed by atoms with Gasteiger partial charge in [-0.1, -0.05) is 23.4 Å². The number of benzene rings is 2. The number of ether oxygens (including phenoxy) is 1. The first kappa shape index (κ1) is 25.3. The summed E-state index contributed by atoms with van der Waals surface area (Å²) in [4.78, 5) is 27.0. The average Bonchev–Trinajstić information content (AvgIpc) is 3.65. The van der Waals surface area contributed by atoms with Gasteiger partial charge in [0.15, 0.2) is 5.76 Å². The maximum atomic E-state index is 14.1. The number of aromatic nitrogens is 1. The van der Waals surface area contributed by atoms with Crippen LogP contribution in [0.25, 0.3) is 11.5 Å². The number of aryl methyl sites for hydroxylation is 1. The number of likely N-dealkylation sites (tertiary alicyclic amines) is 1. The first-order valence-electron chi connectivity index (χ1n) is 12.5. The summed E-state index contributed by atoms with van der Waals surface area (Å²) in [6, 6.07) is 17.5. The maximum absolute atomic E-state index is 14.1. The first-order valence-corrected chi connectivity index (χ1v) is 12.5. The molecule has 0 spiro atoms. The fraction of sp³-hybridized carbons (Fsp3) is 0.276. The molecule has 2 amide bonds. The summed E-state index contributed by atoms with van der Waals surface area (Å²) in [5.74, 6) is 0.775. The SMILES string of the molecule is COc1ccc(CCC(=O)Nc2ccc(C3CCN(C(=O)c4cc(-c5ccco5)no4)CC3)cc2)c(F)c1. The zero-order valence-corrected chi connectivity index (χ0v) is 21.0. The number of hydrogen-bond donors (Lipinski definition) is 1. The molecule has 3 heterocycles. The van der Waals surface area contributed by atoms with Crippen molar-refractivity contribution in [3.8, 4) is 17.2 Å². The van der Waals surface area contributed by atoms with E-state index in [9.17, 15) is 14.0 Å². The summed E-state index contributed by atoms with van der Waals surface area (Å²) in [7, 11) is 1.48. The number of nitrogens with zero attached hydrogens (tertiary/aromatic N) is 2. The molecule has 1 fully saturated rings. The Hall–Kier alpha value is -4.40. The summed E-state index contributed by atoms with van der Waals surface area (Å²) in [5.41, 5.74) is 2.82. The standard InChI is InChI=1S/C29H28FN3O5/c1-36-23-10-6-21(24(30)17-23)7-11-28(34)31-22-8-4-19(5-9-22)20-12-14-33(15-13-20)29(35)27-18-25(32-38-27)26-3-2-16-37-26/h2-6,8-10,16-18,20H,7,11-15H2,1H3,(H,31,34). The quantitative estimate of drug-likeness (QED) is 0.323. The van der Waals surface area contributed by atoms with Gasteiger partial charge in [-0.2, -0.15) is 0 Å². The van der Waals surface area contributed by atoms with E-state index in [1.165, 1.54) is 13.2 Å². The molecule has 4 aromatic rings. The highest BCUT2D eigenvalue weighted by molar-refractivity contribution is 5.92. The van der Waals surface area contributed by atoms with Gasteiger partial charge in [0.05, 0.1) is 13.4 Å². The molecule has 0 atom stereocenters. The monoisotopic (exact) mass is 517 g/mol. The number of nitrogens with one attached hydrogen (secondary N) is 1. The molecule has 196 valence electrons. The lowest BCUT2D eigenvalue weighted by Crippen LogP contribution is -2.37. The van der Waals surface area contributed by atoms with Crippen molar-refractivity contribution < 1.29 is 27.7 Å². The number of anilines is 1. The number of amides is 2. The molecule has 9 heteroatoms. The van der Waals surface area contributed by atoms with Crippen LogP contribution in [0.3, 0.4) is 0 Å². The number of halogens is 1. The number of hydrogen-bond acceptors (Lipinski definition) is 6. The molecular weight excluding hydrogens is 489 g/mol. The number of carbonyl (C=O) groups excluding carboxylic acids is 2. The highest BCUT2D eigenvalue weighted by Crippen LogP contribution is 2.30.